The van der Waals surface area contributed by atoms with Gasteiger partial charge in [-0.1, -0.05) is 11.6 Å². The van der Waals surface area contributed by atoms with E-state index in [1.807, 2.05) is 0 Å². The summed E-state index contributed by atoms with van der Waals surface area (Å²) in [5.41, 5.74) is 5.50. The predicted octanol–water partition coefficient (Wildman–Crippen LogP) is 1.85. The van der Waals surface area contributed by atoms with Crippen molar-refractivity contribution in [3.63, 3.8) is 0 Å². The van der Waals surface area contributed by atoms with Crippen molar-refractivity contribution in [2.75, 3.05) is 5.73 Å². The molecule has 0 fully saturated rings. The van der Waals surface area contributed by atoms with Gasteiger partial charge >= 0.3 is 0 Å². The Morgan fingerprint density at radius 1 is 1.36 bits per heavy atom. The van der Waals surface area contributed by atoms with Gasteiger partial charge in [-0.2, -0.15) is 0 Å². The zero-order valence-corrected chi connectivity index (χ0v) is 8.42. The van der Waals surface area contributed by atoms with Crippen LogP contribution in [0.2, 0.25) is 5.02 Å². The van der Waals surface area contributed by atoms with Gasteiger partial charge in [-0.15, -0.1) is 0 Å². The van der Waals surface area contributed by atoms with Crippen LogP contribution in [0.4, 0.5) is 5.82 Å². The molecule has 2 N–H and O–H groups in total. The number of nitrogens with zero attached hydrogens (tertiary/aromatic N) is 3. The molecule has 14 heavy (non-hydrogen) atoms. The summed E-state index contributed by atoms with van der Waals surface area (Å²) >= 11 is 7.06. The molecule has 0 spiro atoms. The molecule has 0 bridgehead atoms. The number of nitrogen functional groups attached to an aromatic ring is 1. The number of rotatable bonds is 2. The number of hydrogen-bond acceptors (Lipinski definition) is 6. The number of oxazole rings is 1. The Morgan fingerprint density at radius 3 is 2.93 bits per heavy atom. The Bertz CT molecular complexity index is 433. The van der Waals surface area contributed by atoms with Crippen LogP contribution in [0.3, 0.4) is 0 Å². The van der Waals surface area contributed by atoms with E-state index in [2.05, 4.69) is 15.0 Å². The molecule has 0 saturated carbocycles. The Balaban J connectivity index is 2.29. The molecule has 0 atom stereocenters. The topological polar surface area (TPSA) is 77.8 Å². The first-order valence-corrected chi connectivity index (χ1v) is 4.80. The van der Waals surface area contributed by atoms with Gasteiger partial charge in [0.2, 0.25) is 0 Å². The second kappa shape index (κ2) is 3.85. The number of aromatic nitrogens is 3. The number of hydrogen-bond donors (Lipinski definition) is 1. The minimum absolute atomic E-state index is 0.246. The summed E-state index contributed by atoms with van der Waals surface area (Å²) in [7, 11) is 0. The lowest BCUT2D eigenvalue weighted by Gasteiger charge is -2.00. The quantitative estimate of drug-likeness (QED) is 0.791. The van der Waals surface area contributed by atoms with Gasteiger partial charge in [0.05, 0.1) is 6.20 Å². The molecule has 5 nitrogen and oxygen atoms in total. The highest BCUT2D eigenvalue weighted by atomic mass is 35.5. The van der Waals surface area contributed by atoms with Gasteiger partial charge in [0, 0.05) is 0 Å². The molecular weight excluding hydrogens is 224 g/mol. The first-order chi connectivity index (χ1) is 6.77. The molecule has 0 saturated heterocycles. The normalized spacial score (nSPS) is 10.4. The monoisotopic (exact) mass is 228 g/mol. The summed E-state index contributed by atoms with van der Waals surface area (Å²) < 4.78 is 5.02. The summed E-state index contributed by atoms with van der Waals surface area (Å²) in [5, 5.41) is 1.31. The van der Waals surface area contributed by atoms with E-state index in [-0.39, 0.29) is 5.82 Å². The molecule has 0 unspecified atom stereocenters. The van der Waals surface area contributed by atoms with Crippen LogP contribution < -0.4 is 5.73 Å². The van der Waals surface area contributed by atoms with Crippen molar-refractivity contribution >= 4 is 29.2 Å². The Labute approximate surface area is 88.7 Å². The maximum Gasteiger partial charge on any atom is 0.262 e. The summed E-state index contributed by atoms with van der Waals surface area (Å²) in [5.74, 6) is 0.246. The molecule has 0 radical (unpaired) electrons. The van der Waals surface area contributed by atoms with Crippen LogP contribution in [0, 0.1) is 0 Å². The highest BCUT2D eigenvalue weighted by Gasteiger charge is 2.10. The Kier molecular flexibility index (Phi) is 2.55. The van der Waals surface area contributed by atoms with Crippen molar-refractivity contribution in [3.8, 4) is 0 Å². The van der Waals surface area contributed by atoms with E-state index < -0.39 is 0 Å². The summed E-state index contributed by atoms with van der Waals surface area (Å²) in [4.78, 5) is 11.6. The van der Waals surface area contributed by atoms with E-state index in [4.69, 9.17) is 21.8 Å². The molecule has 2 aromatic heterocycles. The maximum absolute atomic E-state index is 5.87. The second-order valence-corrected chi connectivity index (χ2v) is 3.60. The third kappa shape index (κ3) is 1.80. The number of nitrogens with two attached hydrogens (primary N) is 1. The van der Waals surface area contributed by atoms with Crippen LogP contribution in [0.5, 0.6) is 0 Å². The fraction of sp³-hybridized carbons (Fsp3) is 0. The van der Waals surface area contributed by atoms with Gasteiger partial charge in [-0.25, -0.2) is 15.0 Å². The standard InChI is InChI=1S/C7H5ClN4OS/c8-4-5(9)11-3-12-6(4)14-7-10-1-2-13-7/h1-3H,(H2,9,11,12). The smallest absolute Gasteiger partial charge is 0.262 e. The molecule has 0 aliphatic heterocycles. The third-order valence-electron chi connectivity index (χ3n) is 1.38. The van der Waals surface area contributed by atoms with Crippen molar-refractivity contribution in [1.29, 1.82) is 0 Å². The van der Waals surface area contributed by atoms with E-state index in [0.717, 1.165) is 0 Å². The lowest BCUT2D eigenvalue weighted by atomic mass is 10.6. The minimum Gasteiger partial charge on any atom is -0.440 e. The lowest BCUT2D eigenvalue weighted by molar-refractivity contribution is 0.454. The number of halogens is 1. The molecule has 2 aromatic rings. The van der Waals surface area contributed by atoms with Gasteiger partial charge < -0.3 is 10.2 Å². The van der Waals surface area contributed by atoms with Gasteiger partial charge in [-0.05, 0) is 11.8 Å². The zero-order chi connectivity index (χ0) is 9.97. The Morgan fingerprint density at radius 2 is 2.21 bits per heavy atom. The first kappa shape index (κ1) is 9.29. The molecule has 7 heteroatoms. The van der Waals surface area contributed by atoms with Gasteiger partial charge in [0.15, 0.2) is 0 Å². The van der Waals surface area contributed by atoms with Crippen LogP contribution in [0.15, 0.2) is 33.5 Å². The second-order valence-electron chi connectivity index (χ2n) is 2.28. The summed E-state index contributed by atoms with van der Waals surface area (Å²) in [6.07, 6.45) is 4.36. The van der Waals surface area contributed by atoms with Crippen LogP contribution in [-0.4, -0.2) is 15.0 Å². The Hall–Kier alpha value is -1.27. The average Bonchev–Trinajstić information content (AvgIpc) is 2.66. The number of anilines is 1. The van der Waals surface area contributed by atoms with Crippen LogP contribution >= 0.6 is 23.4 Å². The molecule has 0 aromatic carbocycles. The maximum atomic E-state index is 5.87. The lowest BCUT2D eigenvalue weighted by Crippen LogP contribution is -1.94. The fourth-order valence-electron chi connectivity index (χ4n) is 0.781. The average molecular weight is 229 g/mol. The minimum atomic E-state index is 0.246. The van der Waals surface area contributed by atoms with Crippen molar-refractivity contribution in [1.82, 2.24) is 15.0 Å². The molecule has 0 amide bonds. The van der Waals surface area contributed by atoms with E-state index in [9.17, 15) is 0 Å². The summed E-state index contributed by atoms with van der Waals surface area (Å²) in [6, 6.07) is 0. The van der Waals surface area contributed by atoms with Gasteiger partial charge in [0.25, 0.3) is 5.22 Å². The molecule has 0 aliphatic rings. The van der Waals surface area contributed by atoms with E-state index in [1.54, 1.807) is 6.20 Å². The molecule has 2 rings (SSSR count). The van der Waals surface area contributed by atoms with Crippen molar-refractivity contribution < 1.29 is 4.42 Å². The SMILES string of the molecule is Nc1ncnc(Sc2ncco2)c1Cl. The molecular formula is C7H5ClN4OS. The van der Waals surface area contributed by atoms with Crippen LogP contribution in [-0.2, 0) is 0 Å². The third-order valence-corrected chi connectivity index (χ3v) is 2.74. The highest BCUT2D eigenvalue weighted by molar-refractivity contribution is 7.99. The summed E-state index contributed by atoms with van der Waals surface area (Å²) in [6.45, 7) is 0. The fourth-order valence-corrected chi connectivity index (χ4v) is 1.67. The molecule has 72 valence electrons. The highest BCUT2D eigenvalue weighted by Crippen LogP contribution is 2.32. The van der Waals surface area contributed by atoms with Crippen LogP contribution in [0.1, 0.15) is 0 Å². The van der Waals surface area contributed by atoms with Crippen molar-refractivity contribution in [3.05, 3.63) is 23.8 Å². The van der Waals surface area contributed by atoms with Crippen molar-refractivity contribution in [2.24, 2.45) is 0 Å². The van der Waals surface area contributed by atoms with E-state index in [0.29, 0.717) is 15.3 Å². The van der Waals surface area contributed by atoms with E-state index in [1.165, 1.54) is 24.4 Å². The van der Waals surface area contributed by atoms with Gasteiger partial charge in [0.1, 0.15) is 28.5 Å². The van der Waals surface area contributed by atoms with Gasteiger partial charge in [-0.3, -0.25) is 0 Å². The predicted molar refractivity (Wildman–Crippen MR) is 52.1 cm³/mol. The van der Waals surface area contributed by atoms with Crippen molar-refractivity contribution in [2.45, 2.75) is 10.2 Å². The first-order valence-electron chi connectivity index (χ1n) is 3.60. The van der Waals surface area contributed by atoms with E-state index >= 15 is 0 Å². The van der Waals surface area contributed by atoms with Crippen LogP contribution in [0.25, 0.3) is 0 Å². The largest absolute Gasteiger partial charge is 0.440 e. The molecule has 2 heterocycles. The zero-order valence-electron chi connectivity index (χ0n) is 6.85. The molecule has 0 aliphatic carbocycles.